The van der Waals surface area contributed by atoms with Crippen molar-refractivity contribution in [2.75, 3.05) is 19.6 Å². The predicted molar refractivity (Wildman–Crippen MR) is 73.1 cm³/mol. The molecular weight excluding hydrogens is 256 g/mol. The summed E-state index contributed by atoms with van der Waals surface area (Å²) in [6, 6.07) is 0. The van der Waals surface area contributed by atoms with Crippen LogP contribution in [0.5, 0.6) is 0 Å². The Labute approximate surface area is 113 Å². The van der Waals surface area contributed by atoms with E-state index in [9.17, 15) is 8.78 Å². The van der Waals surface area contributed by atoms with E-state index in [4.69, 9.17) is 11.6 Å². The zero-order valence-electron chi connectivity index (χ0n) is 10.7. The highest BCUT2D eigenvalue weighted by atomic mass is 35.5. The second kappa shape index (κ2) is 7.70. The van der Waals surface area contributed by atoms with E-state index in [0.717, 1.165) is 18.5 Å². The van der Waals surface area contributed by atoms with E-state index in [1.807, 2.05) is 6.08 Å². The molecule has 1 fully saturated rings. The number of likely N-dealkylation sites (tertiary alicyclic amines) is 1. The Kier molecular flexibility index (Phi) is 6.58. The molecule has 102 valence electrons. The largest absolute Gasteiger partial charge is 0.299 e. The lowest BCUT2D eigenvalue weighted by molar-refractivity contribution is 0.0305. The Morgan fingerprint density at radius 1 is 1.50 bits per heavy atom. The Balaban J connectivity index is 2.57. The Hall–Kier alpha value is -0.670. The van der Waals surface area contributed by atoms with E-state index in [2.05, 4.69) is 11.5 Å². The van der Waals surface area contributed by atoms with Crippen molar-refractivity contribution in [3.05, 3.63) is 35.4 Å². The summed E-state index contributed by atoms with van der Waals surface area (Å²) >= 11 is 5.76. The summed E-state index contributed by atoms with van der Waals surface area (Å²) in [7, 11) is 0. The van der Waals surface area contributed by atoms with Crippen LogP contribution in [-0.4, -0.2) is 31.0 Å². The van der Waals surface area contributed by atoms with E-state index < -0.39 is 12.3 Å². The minimum atomic E-state index is -2.21. The van der Waals surface area contributed by atoms with Gasteiger partial charge in [-0.1, -0.05) is 30.3 Å². The third kappa shape index (κ3) is 5.32. The van der Waals surface area contributed by atoms with Crippen LogP contribution in [0.25, 0.3) is 0 Å². The van der Waals surface area contributed by atoms with Gasteiger partial charge in [-0.25, -0.2) is 8.78 Å². The number of halogens is 3. The molecule has 1 heterocycles. The van der Waals surface area contributed by atoms with Crippen LogP contribution in [0.4, 0.5) is 8.78 Å². The number of rotatable bonds is 5. The lowest BCUT2D eigenvalue weighted by Gasteiger charge is -2.32. The van der Waals surface area contributed by atoms with Crippen LogP contribution >= 0.6 is 11.6 Å². The van der Waals surface area contributed by atoms with Crippen molar-refractivity contribution in [1.82, 2.24) is 4.90 Å². The van der Waals surface area contributed by atoms with Gasteiger partial charge in [0.25, 0.3) is 0 Å². The number of nitrogens with zero attached hydrogens (tertiary/aromatic N) is 1. The highest BCUT2D eigenvalue weighted by molar-refractivity contribution is 6.29. The zero-order chi connectivity index (χ0) is 13.5. The molecule has 0 N–H and O–H groups in total. The topological polar surface area (TPSA) is 3.24 Å². The van der Waals surface area contributed by atoms with Crippen LogP contribution in [0, 0.1) is 5.92 Å². The molecule has 1 saturated heterocycles. The van der Waals surface area contributed by atoms with Gasteiger partial charge in [-0.15, -0.1) is 0 Å². The van der Waals surface area contributed by atoms with Crippen LogP contribution in [0.1, 0.15) is 19.8 Å². The second-order valence-electron chi connectivity index (χ2n) is 4.67. The zero-order valence-corrected chi connectivity index (χ0v) is 11.5. The standard InChI is InChI=1S/C14H20ClF2N/c1-3-12(7-6-11(2)15)9-18-8-4-5-13(10-18)14(16)17/h3,6-7,13-14H,1,4-5,8-10H2,2H3/b11-6+,12-7+. The molecule has 1 rings (SSSR count). The van der Waals surface area contributed by atoms with Gasteiger partial charge in [0.2, 0.25) is 6.43 Å². The van der Waals surface area contributed by atoms with Crippen molar-refractivity contribution in [2.45, 2.75) is 26.2 Å². The van der Waals surface area contributed by atoms with E-state index in [-0.39, 0.29) is 0 Å². The molecule has 0 amide bonds. The quantitative estimate of drug-likeness (QED) is 0.679. The van der Waals surface area contributed by atoms with Crippen molar-refractivity contribution in [1.29, 1.82) is 0 Å². The molecule has 4 heteroatoms. The summed E-state index contributed by atoms with van der Waals surface area (Å²) in [6.45, 7) is 7.54. The molecule has 1 nitrogen and oxygen atoms in total. The number of hydrogen-bond donors (Lipinski definition) is 0. The van der Waals surface area contributed by atoms with Gasteiger partial charge < -0.3 is 0 Å². The van der Waals surface area contributed by atoms with Gasteiger partial charge >= 0.3 is 0 Å². The lowest BCUT2D eigenvalue weighted by Crippen LogP contribution is -2.39. The SMILES string of the molecule is C=C/C(=C\C=C(/C)Cl)CN1CCCC(C(F)F)C1. The molecule has 1 aliphatic heterocycles. The van der Waals surface area contributed by atoms with Crippen LogP contribution in [-0.2, 0) is 0 Å². The van der Waals surface area contributed by atoms with Crippen LogP contribution in [0.15, 0.2) is 35.4 Å². The summed E-state index contributed by atoms with van der Waals surface area (Å²) in [6.07, 6.45) is 4.69. The minimum Gasteiger partial charge on any atom is -0.299 e. The number of piperidine rings is 1. The van der Waals surface area contributed by atoms with Crippen LogP contribution in [0.3, 0.4) is 0 Å². The predicted octanol–water partition coefficient (Wildman–Crippen LogP) is 4.22. The first-order valence-corrected chi connectivity index (χ1v) is 6.56. The third-order valence-corrected chi connectivity index (χ3v) is 3.22. The van der Waals surface area contributed by atoms with E-state index >= 15 is 0 Å². The molecule has 1 unspecified atom stereocenters. The monoisotopic (exact) mass is 275 g/mol. The van der Waals surface area contributed by atoms with Crippen molar-refractivity contribution in [3.8, 4) is 0 Å². The van der Waals surface area contributed by atoms with E-state index in [1.165, 1.54) is 0 Å². The van der Waals surface area contributed by atoms with Gasteiger partial charge in [0.15, 0.2) is 0 Å². The van der Waals surface area contributed by atoms with Gasteiger partial charge in [0.05, 0.1) is 0 Å². The fraction of sp³-hybridized carbons (Fsp3) is 0.571. The van der Waals surface area contributed by atoms with Gasteiger partial charge in [-0.3, -0.25) is 4.90 Å². The highest BCUT2D eigenvalue weighted by Crippen LogP contribution is 2.23. The molecule has 18 heavy (non-hydrogen) atoms. The lowest BCUT2D eigenvalue weighted by atomic mass is 9.98. The maximum Gasteiger partial charge on any atom is 0.242 e. The fourth-order valence-corrected chi connectivity index (χ4v) is 2.17. The molecule has 0 bridgehead atoms. The number of alkyl halides is 2. The van der Waals surface area contributed by atoms with Gasteiger partial charge in [-0.2, -0.15) is 0 Å². The van der Waals surface area contributed by atoms with Crippen molar-refractivity contribution in [2.24, 2.45) is 5.92 Å². The van der Waals surface area contributed by atoms with Crippen molar-refractivity contribution >= 4 is 11.6 Å². The van der Waals surface area contributed by atoms with Crippen LogP contribution in [0.2, 0.25) is 0 Å². The summed E-state index contributed by atoms with van der Waals surface area (Å²) in [4.78, 5) is 2.06. The average molecular weight is 276 g/mol. The number of allylic oxidation sites excluding steroid dienone is 3. The summed E-state index contributed by atoms with van der Waals surface area (Å²) in [5.41, 5.74) is 1.00. The Bertz CT molecular complexity index is 333. The first-order chi connectivity index (χ1) is 8.52. The number of hydrogen-bond acceptors (Lipinski definition) is 1. The smallest absolute Gasteiger partial charge is 0.242 e. The van der Waals surface area contributed by atoms with Gasteiger partial charge in [0, 0.05) is 24.0 Å². The molecule has 0 aromatic heterocycles. The molecule has 0 aromatic rings. The molecular formula is C14H20ClF2N. The second-order valence-corrected chi connectivity index (χ2v) is 5.27. The molecule has 0 spiro atoms. The van der Waals surface area contributed by atoms with Crippen molar-refractivity contribution < 1.29 is 8.78 Å². The van der Waals surface area contributed by atoms with E-state index in [0.29, 0.717) is 24.5 Å². The first-order valence-electron chi connectivity index (χ1n) is 6.19. The summed E-state index contributed by atoms with van der Waals surface area (Å²) in [5.74, 6) is -0.491. The van der Waals surface area contributed by atoms with Gasteiger partial charge in [-0.05, 0) is 38.0 Å². The molecule has 1 aliphatic rings. The Morgan fingerprint density at radius 2 is 2.22 bits per heavy atom. The van der Waals surface area contributed by atoms with E-state index in [1.54, 1.807) is 19.1 Å². The molecule has 0 radical (unpaired) electrons. The maximum atomic E-state index is 12.7. The fourth-order valence-electron chi connectivity index (χ4n) is 2.11. The Morgan fingerprint density at radius 3 is 2.78 bits per heavy atom. The summed E-state index contributed by atoms with van der Waals surface area (Å²) < 4.78 is 25.4. The average Bonchev–Trinajstić information content (AvgIpc) is 2.34. The van der Waals surface area contributed by atoms with Gasteiger partial charge in [0.1, 0.15) is 0 Å². The first kappa shape index (κ1) is 15.4. The molecule has 1 atom stereocenters. The van der Waals surface area contributed by atoms with Crippen molar-refractivity contribution in [3.63, 3.8) is 0 Å². The highest BCUT2D eigenvalue weighted by Gasteiger charge is 2.26. The summed E-state index contributed by atoms with van der Waals surface area (Å²) in [5, 5.41) is 0.693. The normalized spacial score (nSPS) is 23.5. The molecule has 0 aliphatic carbocycles. The minimum absolute atomic E-state index is 0.465. The molecule has 0 aromatic carbocycles. The van der Waals surface area contributed by atoms with Crippen LogP contribution < -0.4 is 0 Å². The molecule has 0 saturated carbocycles. The third-order valence-electron chi connectivity index (χ3n) is 3.09. The maximum absolute atomic E-state index is 12.7.